The van der Waals surface area contributed by atoms with Crippen LogP contribution in [0, 0.1) is 0 Å². The smallest absolute Gasteiger partial charge is 0.223 e. The van der Waals surface area contributed by atoms with E-state index < -0.39 is 0 Å². The number of likely N-dealkylation sites (tertiary alicyclic amines) is 1. The molecule has 0 aromatic carbocycles. The van der Waals surface area contributed by atoms with Gasteiger partial charge in [-0.15, -0.1) is 0 Å². The first kappa shape index (κ1) is 16.8. The van der Waals surface area contributed by atoms with Gasteiger partial charge in [0.05, 0.1) is 0 Å². The third-order valence-corrected chi connectivity index (χ3v) is 3.76. The Bertz CT molecular complexity index is 330. The van der Waals surface area contributed by atoms with Gasteiger partial charge in [-0.2, -0.15) is 0 Å². The maximum absolute atomic E-state index is 11.5. The SMILES string of the molecule is CCN1CCC[C@H]1CNC(=NC)NCCC(=O)N(C)C. The summed E-state index contributed by atoms with van der Waals surface area (Å²) in [7, 11) is 5.30. The van der Waals surface area contributed by atoms with E-state index in [0.717, 1.165) is 19.0 Å². The van der Waals surface area contributed by atoms with Gasteiger partial charge in [-0.1, -0.05) is 6.92 Å². The summed E-state index contributed by atoms with van der Waals surface area (Å²) in [6.07, 6.45) is 3.01. The highest BCUT2D eigenvalue weighted by Gasteiger charge is 2.22. The summed E-state index contributed by atoms with van der Waals surface area (Å²) in [5.41, 5.74) is 0. The second-order valence-electron chi connectivity index (χ2n) is 5.34. The summed E-state index contributed by atoms with van der Waals surface area (Å²) in [4.78, 5) is 19.8. The van der Waals surface area contributed by atoms with Crippen LogP contribution in [0.4, 0.5) is 0 Å². The quantitative estimate of drug-likeness (QED) is 0.537. The molecule has 0 bridgehead atoms. The molecule has 1 aliphatic heterocycles. The zero-order valence-corrected chi connectivity index (χ0v) is 13.3. The summed E-state index contributed by atoms with van der Waals surface area (Å²) in [6, 6.07) is 0.599. The summed E-state index contributed by atoms with van der Waals surface area (Å²) >= 11 is 0. The lowest BCUT2D eigenvalue weighted by Crippen LogP contribution is -2.45. The van der Waals surface area contributed by atoms with E-state index in [9.17, 15) is 4.79 Å². The van der Waals surface area contributed by atoms with Crippen molar-refractivity contribution in [2.45, 2.75) is 32.2 Å². The highest BCUT2D eigenvalue weighted by atomic mass is 16.2. The van der Waals surface area contributed by atoms with Crippen molar-refractivity contribution in [3.8, 4) is 0 Å². The second-order valence-corrected chi connectivity index (χ2v) is 5.34. The van der Waals surface area contributed by atoms with Gasteiger partial charge in [0.15, 0.2) is 5.96 Å². The molecule has 1 amide bonds. The fourth-order valence-electron chi connectivity index (χ4n) is 2.49. The van der Waals surface area contributed by atoms with E-state index in [1.165, 1.54) is 19.4 Å². The molecule has 1 atom stereocenters. The van der Waals surface area contributed by atoms with Crippen LogP contribution in [0.5, 0.6) is 0 Å². The Morgan fingerprint density at radius 2 is 2.15 bits per heavy atom. The van der Waals surface area contributed by atoms with Crippen molar-refractivity contribution in [2.75, 3.05) is 47.3 Å². The molecule has 116 valence electrons. The monoisotopic (exact) mass is 283 g/mol. The average Bonchev–Trinajstić information content (AvgIpc) is 2.89. The van der Waals surface area contributed by atoms with E-state index in [1.807, 2.05) is 0 Å². The largest absolute Gasteiger partial charge is 0.356 e. The van der Waals surface area contributed by atoms with Crippen LogP contribution in [0.3, 0.4) is 0 Å². The Kier molecular flexibility index (Phi) is 7.36. The molecule has 20 heavy (non-hydrogen) atoms. The Morgan fingerprint density at radius 3 is 2.75 bits per heavy atom. The van der Waals surface area contributed by atoms with E-state index in [1.54, 1.807) is 26.0 Å². The number of carbonyl (C=O) groups is 1. The molecular formula is C14H29N5O. The molecule has 1 heterocycles. The number of hydrogen-bond acceptors (Lipinski definition) is 3. The number of nitrogens with one attached hydrogen (secondary N) is 2. The van der Waals surface area contributed by atoms with Gasteiger partial charge in [0.2, 0.25) is 5.91 Å². The topological polar surface area (TPSA) is 60.0 Å². The van der Waals surface area contributed by atoms with Gasteiger partial charge in [-0.3, -0.25) is 14.7 Å². The first-order chi connectivity index (χ1) is 9.58. The molecule has 1 fully saturated rings. The van der Waals surface area contributed by atoms with Crippen LogP contribution >= 0.6 is 0 Å². The first-order valence-electron chi connectivity index (χ1n) is 7.47. The normalized spacial score (nSPS) is 20.0. The van der Waals surface area contributed by atoms with Crippen LogP contribution in [-0.2, 0) is 4.79 Å². The van der Waals surface area contributed by atoms with Crippen LogP contribution in [-0.4, -0.2) is 75.0 Å². The molecule has 1 saturated heterocycles. The fourth-order valence-corrected chi connectivity index (χ4v) is 2.49. The molecule has 0 aromatic heterocycles. The van der Waals surface area contributed by atoms with Crippen molar-refractivity contribution in [3.63, 3.8) is 0 Å². The van der Waals surface area contributed by atoms with Crippen molar-refractivity contribution >= 4 is 11.9 Å². The fraction of sp³-hybridized carbons (Fsp3) is 0.857. The van der Waals surface area contributed by atoms with E-state index in [2.05, 4.69) is 27.4 Å². The Labute approximate surface area is 122 Å². The summed E-state index contributed by atoms with van der Waals surface area (Å²) in [6.45, 7) is 6.04. The molecule has 0 aliphatic carbocycles. The number of hydrogen-bond donors (Lipinski definition) is 2. The summed E-state index contributed by atoms with van der Waals surface area (Å²) in [5.74, 6) is 0.903. The maximum Gasteiger partial charge on any atom is 0.223 e. The van der Waals surface area contributed by atoms with E-state index in [-0.39, 0.29) is 5.91 Å². The number of aliphatic imine (C=N–C) groups is 1. The molecule has 1 aliphatic rings. The molecule has 6 nitrogen and oxygen atoms in total. The Morgan fingerprint density at radius 1 is 1.40 bits per heavy atom. The highest BCUT2D eigenvalue weighted by Crippen LogP contribution is 2.15. The molecule has 0 spiro atoms. The van der Waals surface area contributed by atoms with Crippen molar-refractivity contribution in [1.29, 1.82) is 0 Å². The molecular weight excluding hydrogens is 254 g/mol. The van der Waals surface area contributed by atoms with Crippen LogP contribution in [0.1, 0.15) is 26.2 Å². The lowest BCUT2D eigenvalue weighted by Gasteiger charge is -2.24. The van der Waals surface area contributed by atoms with Gasteiger partial charge in [-0.25, -0.2) is 0 Å². The van der Waals surface area contributed by atoms with Gasteiger partial charge in [0.1, 0.15) is 0 Å². The summed E-state index contributed by atoms with van der Waals surface area (Å²) < 4.78 is 0. The standard InChI is InChI=1S/C14H29N5O/c1-5-19-10-6-7-12(19)11-17-14(15-2)16-9-8-13(20)18(3)4/h12H,5-11H2,1-4H3,(H2,15,16,17)/t12-/m0/s1. The van der Waals surface area contributed by atoms with Crippen molar-refractivity contribution in [3.05, 3.63) is 0 Å². The number of amides is 1. The number of nitrogens with zero attached hydrogens (tertiary/aromatic N) is 3. The molecule has 0 saturated carbocycles. The predicted octanol–water partition coefficient (Wildman–Crippen LogP) is 0.114. The number of guanidine groups is 1. The second kappa shape index (κ2) is 8.79. The van der Waals surface area contributed by atoms with Crippen molar-refractivity contribution < 1.29 is 4.79 Å². The molecule has 0 unspecified atom stereocenters. The third kappa shape index (κ3) is 5.36. The highest BCUT2D eigenvalue weighted by molar-refractivity contribution is 5.81. The van der Waals surface area contributed by atoms with E-state index in [0.29, 0.717) is 19.0 Å². The van der Waals surface area contributed by atoms with Gasteiger partial charge in [0, 0.05) is 46.7 Å². The Hall–Kier alpha value is -1.30. The lowest BCUT2D eigenvalue weighted by atomic mass is 10.2. The van der Waals surface area contributed by atoms with Gasteiger partial charge in [-0.05, 0) is 25.9 Å². The Balaban J connectivity index is 2.25. The van der Waals surface area contributed by atoms with Crippen molar-refractivity contribution in [1.82, 2.24) is 20.4 Å². The predicted molar refractivity (Wildman–Crippen MR) is 82.9 cm³/mol. The van der Waals surface area contributed by atoms with Crippen LogP contribution < -0.4 is 10.6 Å². The lowest BCUT2D eigenvalue weighted by molar-refractivity contribution is -0.128. The van der Waals surface area contributed by atoms with Crippen LogP contribution in [0.25, 0.3) is 0 Å². The van der Waals surface area contributed by atoms with Gasteiger partial charge < -0.3 is 15.5 Å². The molecule has 0 radical (unpaired) electrons. The van der Waals surface area contributed by atoms with Crippen molar-refractivity contribution in [2.24, 2.45) is 4.99 Å². The average molecular weight is 283 g/mol. The molecule has 2 N–H and O–H groups in total. The molecule has 6 heteroatoms. The molecule has 1 rings (SSSR count). The minimum absolute atomic E-state index is 0.126. The van der Waals surface area contributed by atoms with Crippen LogP contribution in [0.2, 0.25) is 0 Å². The number of likely N-dealkylation sites (N-methyl/N-ethyl adjacent to an activating group) is 1. The first-order valence-corrected chi connectivity index (χ1v) is 7.47. The number of rotatable bonds is 6. The minimum atomic E-state index is 0.126. The summed E-state index contributed by atoms with van der Waals surface area (Å²) in [5, 5.41) is 6.54. The van der Waals surface area contributed by atoms with Gasteiger partial charge >= 0.3 is 0 Å². The van der Waals surface area contributed by atoms with E-state index >= 15 is 0 Å². The number of carbonyl (C=O) groups excluding carboxylic acids is 1. The van der Waals surface area contributed by atoms with E-state index in [4.69, 9.17) is 0 Å². The zero-order chi connectivity index (χ0) is 15.0. The van der Waals surface area contributed by atoms with Crippen LogP contribution in [0.15, 0.2) is 4.99 Å². The van der Waals surface area contributed by atoms with Gasteiger partial charge in [0.25, 0.3) is 0 Å². The molecule has 0 aromatic rings. The maximum atomic E-state index is 11.5. The zero-order valence-electron chi connectivity index (χ0n) is 13.3. The third-order valence-electron chi connectivity index (χ3n) is 3.76. The minimum Gasteiger partial charge on any atom is -0.356 e.